The molecule has 0 spiro atoms. The van der Waals surface area contributed by atoms with Crippen LogP contribution in [0.5, 0.6) is 0 Å². The lowest BCUT2D eigenvalue weighted by Gasteiger charge is -2.31. The Bertz CT molecular complexity index is 2120. The monoisotopic (exact) mass is 774 g/mol. The molecular formula is C48H54N8O2. The third kappa shape index (κ3) is 8.26. The molecular weight excluding hydrogens is 721 g/mol. The minimum atomic E-state index is -0.332. The summed E-state index contributed by atoms with van der Waals surface area (Å²) < 4.78 is 0. The van der Waals surface area contributed by atoms with Gasteiger partial charge in [0.05, 0.1) is 35.9 Å². The Hall–Kier alpha value is -5.84. The van der Waals surface area contributed by atoms with E-state index >= 15 is 0 Å². The Labute approximate surface area is 341 Å². The van der Waals surface area contributed by atoms with Crippen LogP contribution in [-0.4, -0.2) is 92.6 Å². The molecule has 0 saturated carbocycles. The minimum Gasteiger partial charge on any atom is -0.340 e. The second kappa shape index (κ2) is 17.3. The van der Waals surface area contributed by atoms with Gasteiger partial charge in [-0.05, 0) is 100 Å². The van der Waals surface area contributed by atoms with Crippen LogP contribution in [0.25, 0.3) is 22.5 Å². The van der Waals surface area contributed by atoms with Gasteiger partial charge < -0.3 is 19.8 Å². The van der Waals surface area contributed by atoms with Crippen LogP contribution in [-0.2, 0) is 22.4 Å². The highest BCUT2D eigenvalue weighted by molar-refractivity contribution is 5.84. The molecule has 10 heteroatoms. The Morgan fingerprint density at radius 2 is 0.966 bits per heavy atom. The van der Waals surface area contributed by atoms with Crippen LogP contribution in [0.4, 0.5) is 0 Å². The molecule has 8 rings (SSSR count). The van der Waals surface area contributed by atoms with Gasteiger partial charge in [-0.3, -0.25) is 19.4 Å². The van der Waals surface area contributed by atoms with Crippen LogP contribution in [0, 0.1) is 0 Å². The molecule has 6 aromatic rings. The predicted octanol–water partition coefficient (Wildman–Crippen LogP) is 8.18. The van der Waals surface area contributed by atoms with E-state index in [-0.39, 0.29) is 36.0 Å². The van der Waals surface area contributed by atoms with Crippen molar-refractivity contribution >= 4 is 11.8 Å². The largest absolute Gasteiger partial charge is 0.340 e. The number of nitrogens with one attached hydrogen (secondary N) is 2. The molecule has 0 bridgehead atoms. The third-order valence-electron chi connectivity index (χ3n) is 11.9. The number of aryl methyl sites for hydroxylation is 2. The van der Waals surface area contributed by atoms with Crippen LogP contribution in [0.2, 0.25) is 0 Å². The first-order valence-corrected chi connectivity index (χ1v) is 20.6. The number of aromatic nitrogens is 4. The number of aromatic amines is 2. The van der Waals surface area contributed by atoms with Crippen molar-refractivity contribution in [2.24, 2.45) is 0 Å². The van der Waals surface area contributed by atoms with Gasteiger partial charge in [0.25, 0.3) is 0 Å². The van der Waals surface area contributed by atoms with Crippen LogP contribution in [0.1, 0.15) is 83.8 Å². The number of amides is 2. The topological polar surface area (TPSA) is 104 Å². The average molecular weight is 775 g/mol. The van der Waals surface area contributed by atoms with Crippen molar-refractivity contribution < 1.29 is 9.59 Å². The van der Waals surface area contributed by atoms with Gasteiger partial charge in [0.1, 0.15) is 23.7 Å². The summed E-state index contributed by atoms with van der Waals surface area (Å²) in [6, 6.07) is 36.6. The maximum Gasteiger partial charge on any atom is 0.245 e. The van der Waals surface area contributed by atoms with Gasteiger partial charge in [-0.1, -0.05) is 109 Å². The molecule has 2 aliphatic heterocycles. The summed E-state index contributed by atoms with van der Waals surface area (Å²) in [4.78, 5) is 52.5. The highest BCUT2D eigenvalue weighted by Gasteiger charge is 2.38. The van der Waals surface area contributed by atoms with Gasteiger partial charge in [-0.25, -0.2) is 9.97 Å². The number of rotatable bonds is 13. The van der Waals surface area contributed by atoms with Crippen molar-refractivity contribution in [1.82, 2.24) is 39.5 Å². The number of imidazole rings is 2. The van der Waals surface area contributed by atoms with E-state index in [0.717, 1.165) is 96.9 Å². The molecule has 0 radical (unpaired) electrons. The molecule has 4 atom stereocenters. The molecule has 4 aromatic carbocycles. The molecule has 0 unspecified atom stereocenters. The molecule has 0 aliphatic carbocycles. The molecule has 10 nitrogen and oxygen atoms in total. The SMILES string of the molecule is CN(C)[C@H](C(=O)N1CCC[C@H]1c1ncc(-c2ccc(CCc3ccc(-c4cnc([C@@H]5CCCN5C(=O)[C@H](c5ccccc5)N(C)C)[nH]4)cc3)cc2)[nH]1)c1ccccc1. The van der Waals surface area contributed by atoms with E-state index in [1.165, 1.54) is 11.1 Å². The quantitative estimate of drug-likeness (QED) is 0.123. The number of H-pyrrole nitrogens is 2. The van der Waals surface area contributed by atoms with Gasteiger partial charge in [0.15, 0.2) is 0 Å². The van der Waals surface area contributed by atoms with Gasteiger partial charge in [-0.2, -0.15) is 0 Å². The van der Waals surface area contributed by atoms with Crippen molar-refractivity contribution in [3.05, 3.63) is 155 Å². The summed E-state index contributed by atoms with van der Waals surface area (Å²) in [5.74, 6) is 1.92. The number of carbonyl (C=O) groups excluding carboxylic acids is 2. The zero-order valence-corrected chi connectivity index (χ0v) is 34.0. The van der Waals surface area contributed by atoms with E-state index < -0.39 is 0 Å². The molecule has 2 fully saturated rings. The Balaban J connectivity index is 0.869. The maximum absolute atomic E-state index is 13.9. The molecule has 2 saturated heterocycles. The van der Waals surface area contributed by atoms with Gasteiger partial charge in [-0.15, -0.1) is 0 Å². The summed E-state index contributed by atoms with van der Waals surface area (Å²) in [5.41, 5.74) is 8.63. The summed E-state index contributed by atoms with van der Waals surface area (Å²) in [6.07, 6.45) is 9.35. The smallest absolute Gasteiger partial charge is 0.245 e. The first kappa shape index (κ1) is 39.0. The zero-order chi connectivity index (χ0) is 40.2. The van der Waals surface area contributed by atoms with Crippen molar-refractivity contribution in [2.45, 2.75) is 62.7 Å². The van der Waals surface area contributed by atoms with Crippen molar-refractivity contribution in [2.75, 3.05) is 41.3 Å². The van der Waals surface area contributed by atoms with Gasteiger partial charge in [0.2, 0.25) is 11.8 Å². The average Bonchev–Trinajstić information content (AvgIpc) is 4.08. The summed E-state index contributed by atoms with van der Waals surface area (Å²) in [7, 11) is 7.86. The number of likely N-dealkylation sites (N-methyl/N-ethyl adjacent to an activating group) is 2. The lowest BCUT2D eigenvalue weighted by molar-refractivity contribution is -0.138. The predicted molar refractivity (Wildman–Crippen MR) is 229 cm³/mol. The number of nitrogens with zero attached hydrogens (tertiary/aromatic N) is 6. The summed E-state index contributed by atoms with van der Waals surface area (Å²) >= 11 is 0. The van der Waals surface area contributed by atoms with Crippen LogP contribution < -0.4 is 0 Å². The lowest BCUT2D eigenvalue weighted by Crippen LogP contribution is -2.40. The van der Waals surface area contributed by atoms with Crippen LogP contribution >= 0.6 is 0 Å². The highest BCUT2D eigenvalue weighted by atomic mass is 16.2. The Morgan fingerprint density at radius 1 is 0.586 bits per heavy atom. The maximum atomic E-state index is 13.9. The summed E-state index contributed by atoms with van der Waals surface area (Å²) in [6.45, 7) is 1.46. The normalized spacial score (nSPS) is 18.0. The standard InChI is InChI=1S/C48H54N8O2/c1-53(2)43(37-13-7-5-8-14-37)47(57)55-29-11-17-41(55)45-49-31-39(51-45)35-25-21-33(22-26-35)19-20-34-23-27-36(28-24-34)40-32-50-46(52-40)42-18-12-30-56(42)48(58)44(54(3)4)38-15-9-6-10-16-38/h5-10,13-16,21-28,31-32,41-44H,11-12,17-20,29-30H2,1-4H3,(H,49,51)(H,50,52)/t41-,42-,43-,44-/m0/s1. The van der Waals surface area contributed by atoms with E-state index in [1.807, 2.05) is 121 Å². The Kier molecular flexibility index (Phi) is 11.7. The lowest BCUT2D eigenvalue weighted by atomic mass is 10.0. The van der Waals surface area contributed by atoms with E-state index in [2.05, 4.69) is 58.5 Å². The van der Waals surface area contributed by atoms with Crippen molar-refractivity contribution in [1.29, 1.82) is 0 Å². The third-order valence-corrected chi connectivity index (χ3v) is 11.9. The van der Waals surface area contributed by atoms with Crippen LogP contribution in [0.15, 0.2) is 122 Å². The number of benzene rings is 4. The second-order valence-electron chi connectivity index (χ2n) is 16.2. The van der Waals surface area contributed by atoms with E-state index in [9.17, 15) is 9.59 Å². The fraction of sp³-hybridized carbons (Fsp3) is 0.333. The van der Waals surface area contributed by atoms with E-state index in [1.54, 1.807) is 0 Å². The first-order valence-electron chi connectivity index (χ1n) is 20.6. The number of hydrogen-bond acceptors (Lipinski definition) is 6. The molecule has 298 valence electrons. The van der Waals surface area contributed by atoms with Crippen molar-refractivity contribution in [3.63, 3.8) is 0 Å². The highest BCUT2D eigenvalue weighted by Crippen LogP contribution is 2.37. The van der Waals surface area contributed by atoms with E-state index in [0.29, 0.717) is 0 Å². The molecule has 2 aliphatic rings. The van der Waals surface area contributed by atoms with Gasteiger partial charge in [0, 0.05) is 13.1 Å². The molecule has 58 heavy (non-hydrogen) atoms. The molecule has 2 N–H and O–H groups in total. The Morgan fingerprint density at radius 3 is 1.33 bits per heavy atom. The number of hydrogen-bond donors (Lipinski definition) is 2. The fourth-order valence-corrected chi connectivity index (χ4v) is 8.83. The van der Waals surface area contributed by atoms with Crippen molar-refractivity contribution in [3.8, 4) is 22.5 Å². The summed E-state index contributed by atoms with van der Waals surface area (Å²) in [5, 5.41) is 0. The second-order valence-corrected chi connectivity index (χ2v) is 16.2. The van der Waals surface area contributed by atoms with Crippen LogP contribution in [0.3, 0.4) is 0 Å². The molecule has 2 amide bonds. The number of likely N-dealkylation sites (tertiary alicyclic amines) is 2. The molecule has 2 aromatic heterocycles. The minimum absolute atomic E-state index is 0.0666. The van der Waals surface area contributed by atoms with Gasteiger partial charge >= 0.3 is 0 Å². The zero-order valence-electron chi connectivity index (χ0n) is 34.0. The van der Waals surface area contributed by atoms with E-state index in [4.69, 9.17) is 9.97 Å². The molecule has 4 heterocycles. The fourth-order valence-electron chi connectivity index (χ4n) is 8.83. The number of carbonyl (C=O) groups is 2. The first-order chi connectivity index (χ1) is 28.2.